The van der Waals surface area contributed by atoms with E-state index in [9.17, 15) is 5.11 Å². The fourth-order valence-corrected chi connectivity index (χ4v) is 4.48. The standard InChI is InChI=1S/C18H29OS/c1-8-13-10-15(11-14(9-2)16(13)19)20-18(6,7)12-17(3,4)5/h10-11H,8-9,12H2,1-7H3. The molecule has 0 spiro atoms. The highest BCUT2D eigenvalue weighted by molar-refractivity contribution is 8.00. The van der Waals surface area contributed by atoms with Crippen molar-refractivity contribution in [2.24, 2.45) is 5.41 Å². The Bertz CT molecular complexity index is 430. The van der Waals surface area contributed by atoms with Gasteiger partial charge >= 0.3 is 0 Å². The molecular formula is C18H29OS. The van der Waals surface area contributed by atoms with Crippen LogP contribution in [0.2, 0.25) is 0 Å². The third-order valence-corrected chi connectivity index (χ3v) is 4.50. The summed E-state index contributed by atoms with van der Waals surface area (Å²) in [7, 11) is 0. The molecule has 0 bridgehead atoms. The Hall–Kier alpha value is -0.630. The molecule has 0 aliphatic heterocycles. The van der Waals surface area contributed by atoms with Crippen molar-refractivity contribution in [1.29, 1.82) is 0 Å². The van der Waals surface area contributed by atoms with Gasteiger partial charge in [-0.2, -0.15) is 0 Å². The van der Waals surface area contributed by atoms with Crippen LogP contribution >= 0.6 is 11.8 Å². The fraction of sp³-hybridized carbons (Fsp3) is 0.667. The molecule has 1 nitrogen and oxygen atoms in total. The molecule has 0 atom stereocenters. The van der Waals surface area contributed by atoms with Gasteiger partial charge in [-0.25, -0.2) is 0 Å². The third kappa shape index (κ3) is 5.05. The minimum Gasteiger partial charge on any atom is -0.289 e. The molecule has 0 heterocycles. The first kappa shape index (κ1) is 17.4. The first-order chi connectivity index (χ1) is 9.08. The summed E-state index contributed by atoms with van der Waals surface area (Å²) in [6.07, 6.45) is 2.78. The van der Waals surface area contributed by atoms with Gasteiger partial charge in [-0.15, -0.1) is 11.8 Å². The fourth-order valence-electron chi connectivity index (χ4n) is 2.94. The zero-order valence-corrected chi connectivity index (χ0v) is 14.9. The summed E-state index contributed by atoms with van der Waals surface area (Å²) in [6, 6.07) is 4.19. The van der Waals surface area contributed by atoms with Crippen molar-refractivity contribution in [3.8, 4) is 5.75 Å². The highest BCUT2D eigenvalue weighted by Crippen LogP contribution is 2.42. The Morgan fingerprint density at radius 2 is 1.40 bits per heavy atom. The highest BCUT2D eigenvalue weighted by Gasteiger charge is 2.27. The summed E-state index contributed by atoms with van der Waals surface area (Å²) in [5.74, 6) is 0.243. The number of rotatable bonds is 5. The zero-order chi connectivity index (χ0) is 15.6. The van der Waals surface area contributed by atoms with Crippen LogP contribution in [0.4, 0.5) is 0 Å². The molecule has 1 radical (unpaired) electrons. The molecule has 113 valence electrons. The van der Waals surface area contributed by atoms with E-state index >= 15 is 0 Å². The highest BCUT2D eigenvalue weighted by atomic mass is 32.2. The maximum absolute atomic E-state index is 12.2. The SMILES string of the molecule is CCc1cc(SC(C)(C)CC(C)(C)C)cc(CC)c1[O]. The summed E-state index contributed by atoms with van der Waals surface area (Å²) < 4.78 is 0.179. The average molecular weight is 293 g/mol. The predicted molar refractivity (Wildman–Crippen MR) is 89.3 cm³/mol. The molecule has 0 aromatic heterocycles. The van der Waals surface area contributed by atoms with Gasteiger partial charge in [-0.1, -0.05) is 48.5 Å². The maximum Gasteiger partial charge on any atom is 0.185 e. The Kier molecular flexibility index (Phi) is 5.60. The summed E-state index contributed by atoms with van der Waals surface area (Å²) >= 11 is 1.90. The van der Waals surface area contributed by atoms with E-state index < -0.39 is 0 Å². The van der Waals surface area contributed by atoms with E-state index in [4.69, 9.17) is 0 Å². The van der Waals surface area contributed by atoms with Crippen molar-refractivity contribution >= 4 is 11.8 Å². The number of aryl methyl sites for hydroxylation is 2. The van der Waals surface area contributed by atoms with Gasteiger partial charge in [0, 0.05) is 20.8 Å². The van der Waals surface area contributed by atoms with Crippen LogP contribution in [0.15, 0.2) is 17.0 Å². The van der Waals surface area contributed by atoms with Gasteiger partial charge in [0.05, 0.1) is 0 Å². The van der Waals surface area contributed by atoms with E-state index in [1.54, 1.807) is 0 Å². The smallest absolute Gasteiger partial charge is 0.185 e. The third-order valence-electron chi connectivity index (χ3n) is 3.33. The van der Waals surface area contributed by atoms with Gasteiger partial charge < -0.3 is 0 Å². The van der Waals surface area contributed by atoms with Crippen molar-refractivity contribution in [3.63, 3.8) is 0 Å². The second-order valence-corrected chi connectivity index (χ2v) is 9.16. The van der Waals surface area contributed by atoms with E-state index in [-0.39, 0.29) is 10.5 Å². The van der Waals surface area contributed by atoms with Crippen LogP contribution in [0, 0.1) is 5.41 Å². The molecule has 0 N–H and O–H groups in total. The van der Waals surface area contributed by atoms with Gasteiger partial charge in [0.2, 0.25) is 0 Å². The van der Waals surface area contributed by atoms with Crippen LogP contribution < -0.4 is 0 Å². The molecule has 0 aliphatic carbocycles. The van der Waals surface area contributed by atoms with Gasteiger partial charge in [0.15, 0.2) is 5.75 Å². The number of thioether (sulfide) groups is 1. The lowest BCUT2D eigenvalue weighted by atomic mass is 9.86. The Morgan fingerprint density at radius 3 is 1.75 bits per heavy atom. The second kappa shape index (κ2) is 6.43. The van der Waals surface area contributed by atoms with E-state index in [1.165, 1.54) is 4.90 Å². The first-order valence-corrected chi connectivity index (χ1v) is 8.41. The van der Waals surface area contributed by atoms with E-state index in [1.807, 2.05) is 11.8 Å². The molecular weight excluding hydrogens is 264 g/mol. The molecule has 0 saturated carbocycles. The van der Waals surface area contributed by atoms with Crippen LogP contribution in [0.5, 0.6) is 5.75 Å². The van der Waals surface area contributed by atoms with Crippen molar-refractivity contribution < 1.29 is 5.11 Å². The van der Waals surface area contributed by atoms with Crippen LogP contribution in [0.1, 0.15) is 66.0 Å². The summed E-state index contributed by atoms with van der Waals surface area (Å²) in [5, 5.41) is 12.2. The van der Waals surface area contributed by atoms with E-state index in [2.05, 4.69) is 60.6 Å². The quantitative estimate of drug-likeness (QED) is 0.586. The van der Waals surface area contributed by atoms with Crippen LogP contribution in [0.3, 0.4) is 0 Å². The molecule has 0 amide bonds. The lowest BCUT2D eigenvalue weighted by molar-refractivity contribution is 0.339. The van der Waals surface area contributed by atoms with Gasteiger partial charge in [-0.05, 0) is 36.8 Å². The zero-order valence-electron chi connectivity index (χ0n) is 14.1. The molecule has 1 aromatic carbocycles. The lowest BCUT2D eigenvalue weighted by Crippen LogP contribution is -2.23. The largest absolute Gasteiger partial charge is 0.289 e. The van der Waals surface area contributed by atoms with Crippen LogP contribution in [-0.2, 0) is 17.9 Å². The van der Waals surface area contributed by atoms with Crippen molar-refractivity contribution in [2.45, 2.75) is 77.4 Å². The summed E-state index contributed by atoms with van der Waals surface area (Å²) in [6.45, 7) is 15.6. The van der Waals surface area contributed by atoms with Gasteiger partial charge in [-0.3, -0.25) is 5.11 Å². The van der Waals surface area contributed by atoms with Crippen molar-refractivity contribution in [3.05, 3.63) is 23.3 Å². The van der Waals surface area contributed by atoms with Crippen LogP contribution in [-0.4, -0.2) is 4.75 Å². The molecule has 1 rings (SSSR count). The second-order valence-electron chi connectivity index (χ2n) is 7.38. The van der Waals surface area contributed by atoms with Gasteiger partial charge in [0.25, 0.3) is 0 Å². The maximum atomic E-state index is 12.2. The number of hydrogen-bond acceptors (Lipinski definition) is 1. The molecule has 0 aliphatic rings. The normalized spacial score (nSPS) is 12.8. The summed E-state index contributed by atoms with van der Waals surface area (Å²) in [4.78, 5) is 1.24. The molecule has 0 fully saturated rings. The Labute approximate surface area is 129 Å². The predicted octanol–water partition coefficient (Wildman–Crippen LogP) is 6.26. The van der Waals surface area contributed by atoms with Crippen LogP contribution in [0.25, 0.3) is 0 Å². The Balaban J connectivity index is 3.03. The monoisotopic (exact) mass is 293 g/mol. The van der Waals surface area contributed by atoms with Crippen molar-refractivity contribution in [2.75, 3.05) is 0 Å². The lowest BCUT2D eigenvalue weighted by Gasteiger charge is -2.32. The molecule has 2 heteroatoms. The molecule has 0 saturated heterocycles. The summed E-state index contributed by atoms with van der Waals surface area (Å²) in [5.41, 5.74) is 2.23. The first-order valence-electron chi connectivity index (χ1n) is 7.60. The number of benzene rings is 1. The van der Waals surface area contributed by atoms with E-state index in [0.717, 1.165) is 30.4 Å². The molecule has 0 unspecified atom stereocenters. The molecule has 1 aromatic rings. The average Bonchev–Trinajstić information content (AvgIpc) is 2.27. The Morgan fingerprint density at radius 1 is 0.950 bits per heavy atom. The minimum atomic E-state index is 0.179. The van der Waals surface area contributed by atoms with Crippen molar-refractivity contribution in [1.82, 2.24) is 0 Å². The van der Waals surface area contributed by atoms with E-state index in [0.29, 0.717) is 5.41 Å². The molecule has 20 heavy (non-hydrogen) atoms. The number of hydrogen-bond donors (Lipinski definition) is 0. The van der Waals surface area contributed by atoms with Gasteiger partial charge in [0.1, 0.15) is 0 Å². The topological polar surface area (TPSA) is 19.9 Å². The minimum absolute atomic E-state index is 0.179.